The number of hydrogen-bond donors (Lipinski definition) is 2. The Kier molecular flexibility index (Phi) is 5.46. The van der Waals surface area contributed by atoms with Crippen LogP contribution in [0.4, 0.5) is 0 Å². The first-order valence-corrected chi connectivity index (χ1v) is 10.1. The van der Waals surface area contributed by atoms with Gasteiger partial charge in [0.25, 0.3) is 0 Å². The van der Waals surface area contributed by atoms with Crippen LogP contribution in [0.15, 0.2) is 58.3 Å². The number of hydrogen-bond acceptors (Lipinski definition) is 3. The van der Waals surface area contributed by atoms with E-state index in [1.54, 1.807) is 24.3 Å². The van der Waals surface area contributed by atoms with Crippen LogP contribution in [0.5, 0.6) is 0 Å². The van der Waals surface area contributed by atoms with E-state index in [0.717, 1.165) is 16.5 Å². The predicted molar refractivity (Wildman–Crippen MR) is 118 cm³/mol. The fourth-order valence-electron chi connectivity index (χ4n) is 3.73. The molecule has 8 heteroatoms. The second-order valence-electron chi connectivity index (χ2n) is 7.03. The summed E-state index contributed by atoms with van der Waals surface area (Å²) in [5.41, 5.74) is 1.89. The number of nitrogens with one attached hydrogen (secondary N) is 2. The van der Waals surface area contributed by atoms with Gasteiger partial charge in [0, 0.05) is 35.2 Å². The first-order valence-electron chi connectivity index (χ1n) is 9.74. The van der Waals surface area contributed by atoms with Crippen LogP contribution in [0.1, 0.15) is 12.5 Å². The van der Waals surface area contributed by atoms with Crippen LogP contribution in [0.2, 0.25) is 5.02 Å². The maximum Gasteiger partial charge on any atom is 0.317 e. The minimum atomic E-state index is -0.697. The number of carbonyl (C=O) groups is 1. The molecule has 0 spiro atoms. The number of carbonyl (C=O) groups excluding carboxylic acids is 1. The molecule has 4 aromatic rings. The number of aromatic amines is 1. The van der Waals surface area contributed by atoms with Gasteiger partial charge in [0.2, 0.25) is 5.91 Å². The molecule has 2 N–H and O–H groups in total. The smallest absolute Gasteiger partial charge is 0.317 e. The number of aryl methyl sites for hydroxylation is 1. The van der Waals surface area contributed by atoms with Crippen molar-refractivity contribution in [2.24, 2.45) is 0 Å². The molecule has 0 aliphatic heterocycles. The first kappa shape index (κ1) is 20.0. The highest BCUT2D eigenvalue weighted by atomic mass is 35.5. The van der Waals surface area contributed by atoms with Crippen molar-refractivity contribution in [2.45, 2.75) is 26.4 Å². The molecule has 0 aliphatic carbocycles. The number of para-hydroxylation sites is 2. The lowest BCUT2D eigenvalue weighted by atomic mass is 10.1. The zero-order valence-corrected chi connectivity index (χ0v) is 17.2. The number of benzene rings is 2. The van der Waals surface area contributed by atoms with E-state index < -0.39 is 11.1 Å². The molecule has 0 saturated heterocycles. The molecule has 154 valence electrons. The summed E-state index contributed by atoms with van der Waals surface area (Å²) in [5.74, 6) is -0.325. The van der Waals surface area contributed by atoms with E-state index in [0.29, 0.717) is 35.6 Å². The molecule has 2 heterocycles. The molecule has 0 radical (unpaired) electrons. The van der Waals surface area contributed by atoms with Gasteiger partial charge in [-0.3, -0.25) is 19.0 Å². The van der Waals surface area contributed by atoms with Crippen molar-refractivity contribution < 1.29 is 4.79 Å². The number of rotatable bonds is 6. The van der Waals surface area contributed by atoms with Crippen LogP contribution in [-0.4, -0.2) is 26.6 Å². The topological polar surface area (TPSA) is 88.9 Å². The Bertz CT molecular complexity index is 1370. The predicted octanol–water partition coefficient (Wildman–Crippen LogP) is 2.68. The molecule has 4 rings (SSSR count). The van der Waals surface area contributed by atoms with Crippen LogP contribution >= 0.6 is 11.6 Å². The highest BCUT2D eigenvalue weighted by Gasteiger charge is 2.14. The fraction of sp³-hybridized carbons (Fsp3) is 0.227. The monoisotopic (exact) mass is 424 g/mol. The van der Waals surface area contributed by atoms with Gasteiger partial charge in [0.1, 0.15) is 6.54 Å². The third kappa shape index (κ3) is 3.64. The van der Waals surface area contributed by atoms with Crippen molar-refractivity contribution >= 4 is 39.4 Å². The minimum absolute atomic E-state index is 0.209. The zero-order chi connectivity index (χ0) is 21.3. The van der Waals surface area contributed by atoms with Gasteiger partial charge in [-0.15, -0.1) is 0 Å². The maximum absolute atomic E-state index is 12.6. The van der Waals surface area contributed by atoms with E-state index in [1.807, 2.05) is 31.3 Å². The number of fused-ring (bicyclic) bond motifs is 2. The number of H-pyrrole nitrogens is 1. The molecule has 2 aromatic heterocycles. The van der Waals surface area contributed by atoms with Crippen molar-refractivity contribution in [1.29, 1.82) is 0 Å². The van der Waals surface area contributed by atoms with E-state index in [4.69, 9.17) is 11.6 Å². The molecule has 1 amide bonds. The second kappa shape index (κ2) is 8.20. The zero-order valence-electron chi connectivity index (χ0n) is 16.4. The summed E-state index contributed by atoms with van der Waals surface area (Å²) in [6.45, 7) is 2.38. The standard InChI is InChI=1S/C22H21ClN4O3/c1-2-26-18-5-3-4-6-19(18)27(22(30)21(26)29)13-20(28)24-10-9-14-12-25-17-8-7-15(23)11-16(14)17/h3-8,11-12,25H,2,9-10,13H2,1H3,(H,24,28). The lowest BCUT2D eigenvalue weighted by Crippen LogP contribution is -2.43. The van der Waals surface area contributed by atoms with Crippen LogP contribution in [0.3, 0.4) is 0 Å². The Morgan fingerprint density at radius 2 is 1.77 bits per heavy atom. The Hall–Kier alpha value is -3.32. The summed E-state index contributed by atoms with van der Waals surface area (Å²) in [5, 5.41) is 4.50. The van der Waals surface area contributed by atoms with Gasteiger partial charge in [-0.05, 0) is 49.2 Å². The van der Waals surface area contributed by atoms with Gasteiger partial charge in [-0.25, -0.2) is 0 Å². The van der Waals surface area contributed by atoms with Gasteiger partial charge in [0.15, 0.2) is 0 Å². The number of amides is 1. The molecule has 30 heavy (non-hydrogen) atoms. The summed E-state index contributed by atoms with van der Waals surface area (Å²) >= 11 is 6.08. The van der Waals surface area contributed by atoms with Crippen molar-refractivity contribution in [3.05, 3.63) is 80.0 Å². The van der Waals surface area contributed by atoms with Gasteiger partial charge >= 0.3 is 11.1 Å². The summed E-state index contributed by atoms with van der Waals surface area (Å²) in [4.78, 5) is 40.7. The van der Waals surface area contributed by atoms with Crippen molar-refractivity contribution in [1.82, 2.24) is 19.4 Å². The summed E-state index contributed by atoms with van der Waals surface area (Å²) in [6.07, 6.45) is 2.51. The highest BCUT2D eigenvalue weighted by molar-refractivity contribution is 6.31. The molecule has 0 aliphatic rings. The lowest BCUT2D eigenvalue weighted by molar-refractivity contribution is -0.121. The van der Waals surface area contributed by atoms with E-state index in [-0.39, 0.29) is 12.5 Å². The lowest BCUT2D eigenvalue weighted by Gasteiger charge is -2.14. The van der Waals surface area contributed by atoms with E-state index in [1.165, 1.54) is 9.13 Å². The van der Waals surface area contributed by atoms with Crippen molar-refractivity contribution in [2.75, 3.05) is 6.54 Å². The second-order valence-corrected chi connectivity index (χ2v) is 7.47. The van der Waals surface area contributed by atoms with Crippen molar-refractivity contribution in [3.63, 3.8) is 0 Å². The summed E-state index contributed by atoms with van der Waals surface area (Å²) < 4.78 is 2.67. The van der Waals surface area contributed by atoms with Crippen LogP contribution in [0, 0.1) is 0 Å². The van der Waals surface area contributed by atoms with E-state index in [9.17, 15) is 14.4 Å². The van der Waals surface area contributed by atoms with Gasteiger partial charge in [-0.2, -0.15) is 0 Å². The van der Waals surface area contributed by atoms with E-state index in [2.05, 4.69) is 10.3 Å². The largest absolute Gasteiger partial charge is 0.361 e. The maximum atomic E-state index is 12.6. The third-order valence-electron chi connectivity index (χ3n) is 5.20. The van der Waals surface area contributed by atoms with Crippen LogP contribution in [0.25, 0.3) is 21.9 Å². The number of aromatic nitrogens is 3. The molecule has 0 unspecified atom stereocenters. The Labute approximate surface area is 176 Å². The fourth-order valence-corrected chi connectivity index (χ4v) is 3.91. The number of halogens is 1. The molecule has 0 bridgehead atoms. The molecular weight excluding hydrogens is 404 g/mol. The molecule has 0 saturated carbocycles. The normalized spacial score (nSPS) is 11.3. The Morgan fingerprint density at radius 3 is 2.50 bits per heavy atom. The molecule has 0 fully saturated rings. The molecular formula is C22H21ClN4O3. The van der Waals surface area contributed by atoms with Crippen molar-refractivity contribution in [3.8, 4) is 0 Å². The van der Waals surface area contributed by atoms with Crippen LogP contribution < -0.4 is 16.4 Å². The Morgan fingerprint density at radius 1 is 1.07 bits per heavy atom. The summed E-state index contributed by atoms with van der Waals surface area (Å²) in [7, 11) is 0. The van der Waals surface area contributed by atoms with Gasteiger partial charge in [0.05, 0.1) is 11.0 Å². The molecule has 7 nitrogen and oxygen atoms in total. The SMILES string of the molecule is CCn1c(=O)c(=O)n(CC(=O)NCCc2c[nH]c3ccc(Cl)cc23)c2ccccc21. The quantitative estimate of drug-likeness (QED) is 0.466. The Balaban J connectivity index is 1.51. The number of nitrogens with zero attached hydrogens (tertiary/aromatic N) is 2. The third-order valence-corrected chi connectivity index (χ3v) is 5.44. The first-order chi connectivity index (χ1) is 14.5. The average Bonchev–Trinajstić information content (AvgIpc) is 3.14. The van der Waals surface area contributed by atoms with E-state index >= 15 is 0 Å². The van der Waals surface area contributed by atoms with Crippen LogP contribution in [-0.2, 0) is 24.3 Å². The van der Waals surface area contributed by atoms with Gasteiger partial charge in [-0.1, -0.05) is 23.7 Å². The highest BCUT2D eigenvalue weighted by Crippen LogP contribution is 2.22. The minimum Gasteiger partial charge on any atom is -0.361 e. The molecule has 0 atom stereocenters. The average molecular weight is 425 g/mol. The summed E-state index contributed by atoms with van der Waals surface area (Å²) in [6, 6.07) is 12.7. The molecule has 2 aromatic carbocycles. The van der Waals surface area contributed by atoms with Gasteiger partial charge < -0.3 is 14.9 Å².